The van der Waals surface area contributed by atoms with Crippen molar-refractivity contribution < 1.29 is 0 Å². The van der Waals surface area contributed by atoms with E-state index in [9.17, 15) is 0 Å². The number of hydrogen-bond acceptors (Lipinski definition) is 3. The molecule has 142 valence electrons. The number of rotatable bonds is 4. The second-order valence-corrected chi connectivity index (χ2v) is 7.68. The maximum Gasteiger partial charge on any atom is 0.0442 e. The lowest BCUT2D eigenvalue weighted by Crippen LogP contribution is -2.27. The highest BCUT2D eigenvalue weighted by Crippen LogP contribution is 2.36. The predicted octanol–water partition coefficient (Wildman–Crippen LogP) is 5.78. The molecule has 0 amide bonds. The van der Waals surface area contributed by atoms with Crippen LogP contribution >= 0.6 is 0 Å². The topological polar surface area (TPSA) is 19.4 Å². The monoisotopic (exact) mass is 369 g/mol. The molecule has 1 aromatic heterocycles. The molecule has 0 aliphatic carbocycles. The Balaban J connectivity index is 1.68. The summed E-state index contributed by atoms with van der Waals surface area (Å²) in [6.45, 7) is 12.7. The van der Waals surface area contributed by atoms with Crippen LogP contribution < -0.4 is 4.90 Å². The Morgan fingerprint density at radius 2 is 1.86 bits per heavy atom. The standard InChI is InChI=1S/C25H27N3/c1-6-17(2)28-16-21(8-7-18(28)3)24-13-23(14-26-15-24)20-9-10-25-22(12-20)11-19(4)27(25)5/h7-10,12-17H,3-4,6,11H2,1-2,5H3. The van der Waals surface area contributed by atoms with Crippen LogP contribution in [0.25, 0.3) is 16.7 Å². The van der Waals surface area contributed by atoms with Gasteiger partial charge in [-0.3, -0.25) is 4.98 Å². The van der Waals surface area contributed by atoms with E-state index in [1.165, 1.54) is 16.8 Å². The third-order valence-corrected chi connectivity index (χ3v) is 5.85. The van der Waals surface area contributed by atoms with Gasteiger partial charge in [0, 0.05) is 66.3 Å². The first-order valence-electron chi connectivity index (χ1n) is 9.85. The number of aromatic nitrogens is 1. The Kier molecular flexibility index (Phi) is 4.68. The Bertz CT molecular complexity index is 1010. The minimum absolute atomic E-state index is 0.422. The number of pyridine rings is 1. The first kappa shape index (κ1) is 18.3. The highest BCUT2D eigenvalue weighted by atomic mass is 15.1. The molecule has 2 aliphatic rings. The number of nitrogens with zero attached hydrogens (tertiary/aromatic N) is 3. The summed E-state index contributed by atoms with van der Waals surface area (Å²) < 4.78 is 0. The fourth-order valence-corrected chi connectivity index (χ4v) is 3.82. The fourth-order valence-electron chi connectivity index (χ4n) is 3.82. The van der Waals surface area contributed by atoms with Crippen molar-refractivity contribution >= 4 is 11.3 Å². The quantitative estimate of drug-likeness (QED) is 0.681. The number of hydrogen-bond donors (Lipinski definition) is 0. The van der Waals surface area contributed by atoms with Gasteiger partial charge in [-0.15, -0.1) is 0 Å². The summed E-state index contributed by atoms with van der Waals surface area (Å²) in [5.41, 5.74) is 9.36. The van der Waals surface area contributed by atoms with Crippen molar-refractivity contribution in [2.45, 2.75) is 32.7 Å². The SMILES string of the molecule is C=C1Cc2cc(-c3cncc(C4=CN(C(C)CC)C(=C)C=C4)c3)ccc2N1C. The van der Waals surface area contributed by atoms with Gasteiger partial charge in [0.25, 0.3) is 0 Å². The van der Waals surface area contributed by atoms with E-state index in [1.807, 2.05) is 12.4 Å². The van der Waals surface area contributed by atoms with E-state index in [2.05, 4.69) is 91.5 Å². The van der Waals surface area contributed by atoms with Gasteiger partial charge in [-0.1, -0.05) is 32.2 Å². The van der Waals surface area contributed by atoms with Crippen molar-refractivity contribution in [3.8, 4) is 11.1 Å². The summed E-state index contributed by atoms with van der Waals surface area (Å²) in [6.07, 6.45) is 12.3. The molecule has 0 N–H and O–H groups in total. The zero-order valence-electron chi connectivity index (χ0n) is 16.9. The molecule has 0 fully saturated rings. The minimum atomic E-state index is 0.422. The second-order valence-electron chi connectivity index (χ2n) is 7.68. The molecule has 3 nitrogen and oxygen atoms in total. The van der Waals surface area contributed by atoms with Crippen LogP contribution in [-0.4, -0.2) is 23.0 Å². The first-order valence-corrected chi connectivity index (χ1v) is 9.85. The summed E-state index contributed by atoms with van der Waals surface area (Å²) in [7, 11) is 2.08. The highest BCUT2D eigenvalue weighted by molar-refractivity contribution is 5.79. The van der Waals surface area contributed by atoms with Gasteiger partial charge in [-0.2, -0.15) is 0 Å². The molecule has 2 aromatic rings. The van der Waals surface area contributed by atoms with Gasteiger partial charge in [-0.05, 0) is 54.3 Å². The van der Waals surface area contributed by atoms with Crippen molar-refractivity contribution in [2.75, 3.05) is 11.9 Å². The van der Waals surface area contributed by atoms with E-state index < -0.39 is 0 Å². The Hall–Kier alpha value is -3.07. The van der Waals surface area contributed by atoms with Crippen LogP contribution in [0.1, 0.15) is 31.4 Å². The molecule has 1 atom stereocenters. The normalized spacial score (nSPS) is 17.0. The summed E-state index contributed by atoms with van der Waals surface area (Å²) in [6, 6.07) is 9.27. The first-order chi connectivity index (χ1) is 13.5. The van der Waals surface area contributed by atoms with Gasteiger partial charge in [0.15, 0.2) is 0 Å². The number of likely N-dealkylation sites (N-methyl/N-ethyl adjacent to an activating group) is 1. The van der Waals surface area contributed by atoms with Crippen molar-refractivity contribution in [1.82, 2.24) is 9.88 Å². The molecule has 0 radical (unpaired) electrons. The van der Waals surface area contributed by atoms with Crippen molar-refractivity contribution in [3.05, 3.63) is 90.7 Å². The van der Waals surface area contributed by atoms with Gasteiger partial charge in [0.05, 0.1) is 0 Å². The highest BCUT2D eigenvalue weighted by Gasteiger charge is 2.20. The van der Waals surface area contributed by atoms with E-state index >= 15 is 0 Å². The number of fused-ring (bicyclic) bond motifs is 1. The molecule has 2 aliphatic heterocycles. The molecule has 1 aromatic carbocycles. The van der Waals surface area contributed by atoms with Crippen molar-refractivity contribution in [3.63, 3.8) is 0 Å². The van der Waals surface area contributed by atoms with Crippen LogP contribution in [-0.2, 0) is 6.42 Å². The zero-order valence-corrected chi connectivity index (χ0v) is 16.9. The van der Waals surface area contributed by atoms with Crippen LogP contribution in [0.4, 0.5) is 5.69 Å². The Labute approximate surface area is 168 Å². The van der Waals surface area contributed by atoms with Crippen LogP contribution in [0.2, 0.25) is 0 Å². The molecule has 3 heteroatoms. The summed E-state index contributed by atoms with van der Waals surface area (Å²) >= 11 is 0. The summed E-state index contributed by atoms with van der Waals surface area (Å²) in [4.78, 5) is 8.94. The van der Waals surface area contributed by atoms with E-state index in [1.54, 1.807) is 0 Å². The number of anilines is 1. The molecule has 0 saturated carbocycles. The van der Waals surface area contributed by atoms with Crippen LogP contribution in [0.3, 0.4) is 0 Å². The lowest BCUT2D eigenvalue weighted by Gasteiger charge is -2.30. The molecule has 4 rings (SSSR count). The van der Waals surface area contributed by atoms with Crippen molar-refractivity contribution in [2.24, 2.45) is 0 Å². The largest absolute Gasteiger partial charge is 0.348 e. The molecule has 1 unspecified atom stereocenters. The Morgan fingerprint density at radius 1 is 1.07 bits per heavy atom. The summed E-state index contributed by atoms with van der Waals surface area (Å²) in [5, 5.41) is 0. The van der Waals surface area contributed by atoms with Crippen LogP contribution in [0.15, 0.2) is 79.6 Å². The summed E-state index contributed by atoms with van der Waals surface area (Å²) in [5.74, 6) is 0. The number of allylic oxidation sites excluding steroid dienone is 4. The number of benzene rings is 1. The van der Waals surface area contributed by atoms with Crippen LogP contribution in [0.5, 0.6) is 0 Å². The van der Waals surface area contributed by atoms with E-state index in [0.29, 0.717) is 6.04 Å². The van der Waals surface area contributed by atoms with Crippen LogP contribution in [0, 0.1) is 0 Å². The predicted molar refractivity (Wildman–Crippen MR) is 119 cm³/mol. The van der Waals surface area contributed by atoms with Gasteiger partial charge in [0.2, 0.25) is 0 Å². The Morgan fingerprint density at radius 3 is 2.64 bits per heavy atom. The molecule has 0 saturated heterocycles. The van der Waals surface area contributed by atoms with E-state index in [4.69, 9.17) is 0 Å². The average molecular weight is 370 g/mol. The molecular weight excluding hydrogens is 342 g/mol. The van der Waals surface area contributed by atoms with E-state index in [0.717, 1.165) is 40.9 Å². The molecule has 28 heavy (non-hydrogen) atoms. The molecular formula is C25H27N3. The zero-order chi connectivity index (χ0) is 19.8. The van der Waals surface area contributed by atoms with Crippen molar-refractivity contribution in [1.29, 1.82) is 0 Å². The van der Waals surface area contributed by atoms with E-state index in [-0.39, 0.29) is 0 Å². The van der Waals surface area contributed by atoms with Gasteiger partial charge in [0.1, 0.15) is 0 Å². The van der Waals surface area contributed by atoms with Gasteiger partial charge in [-0.25, -0.2) is 0 Å². The maximum absolute atomic E-state index is 4.53. The molecule has 0 spiro atoms. The lowest BCUT2D eigenvalue weighted by molar-refractivity contribution is 0.361. The fraction of sp³-hybridized carbons (Fsp3) is 0.240. The second kappa shape index (κ2) is 7.16. The lowest BCUT2D eigenvalue weighted by atomic mass is 9.98. The third kappa shape index (κ3) is 3.18. The third-order valence-electron chi connectivity index (χ3n) is 5.85. The van der Waals surface area contributed by atoms with Gasteiger partial charge >= 0.3 is 0 Å². The minimum Gasteiger partial charge on any atom is -0.348 e. The average Bonchev–Trinajstić information content (AvgIpc) is 3.01. The molecule has 3 heterocycles. The maximum atomic E-state index is 4.53. The smallest absolute Gasteiger partial charge is 0.0442 e. The van der Waals surface area contributed by atoms with Gasteiger partial charge < -0.3 is 9.80 Å². The molecule has 0 bridgehead atoms.